The van der Waals surface area contributed by atoms with Gasteiger partial charge in [0.2, 0.25) is 5.13 Å². The molecule has 1 aliphatic rings. The van der Waals surface area contributed by atoms with E-state index in [9.17, 15) is 22.8 Å². The van der Waals surface area contributed by atoms with E-state index in [1.807, 2.05) is 30.5 Å². The molecule has 0 amide bonds. The first-order valence-corrected chi connectivity index (χ1v) is 15.8. The van der Waals surface area contributed by atoms with E-state index in [1.54, 1.807) is 10.6 Å². The van der Waals surface area contributed by atoms with E-state index in [4.69, 9.17) is 4.98 Å². The number of benzene rings is 2. The van der Waals surface area contributed by atoms with Crippen LogP contribution in [0.15, 0.2) is 59.1 Å². The molecule has 5 aromatic rings. The quantitative estimate of drug-likeness (QED) is 0.105. The number of nitrogens with zero attached hydrogens (tertiary/aromatic N) is 6. The SMILES string of the molecule is CCn1cc(/C(=N/Nc2nc(-c3ccc(F)cc3)c(C#N)s2)C(F)(F)F)c2cc(-c3nc(CN4CCCCC4)cs3)ccc21. The molecule has 2 aromatic carbocycles. The van der Waals surface area contributed by atoms with Gasteiger partial charge in [-0.1, -0.05) is 17.8 Å². The Labute approximate surface area is 259 Å². The highest BCUT2D eigenvalue weighted by molar-refractivity contribution is 7.16. The van der Waals surface area contributed by atoms with Gasteiger partial charge >= 0.3 is 6.18 Å². The minimum atomic E-state index is -4.80. The molecule has 7 nitrogen and oxygen atoms in total. The molecule has 0 bridgehead atoms. The van der Waals surface area contributed by atoms with Gasteiger partial charge in [0.1, 0.15) is 27.5 Å². The number of nitrogens with one attached hydrogen (secondary N) is 1. The van der Waals surface area contributed by atoms with Crippen LogP contribution in [0.25, 0.3) is 32.7 Å². The summed E-state index contributed by atoms with van der Waals surface area (Å²) in [7, 11) is 0. The summed E-state index contributed by atoms with van der Waals surface area (Å²) in [4.78, 5) is 11.6. The summed E-state index contributed by atoms with van der Waals surface area (Å²) >= 11 is 2.35. The van der Waals surface area contributed by atoms with Gasteiger partial charge in [-0.25, -0.2) is 14.4 Å². The van der Waals surface area contributed by atoms with Gasteiger partial charge in [-0.15, -0.1) is 11.3 Å². The Balaban J connectivity index is 1.34. The van der Waals surface area contributed by atoms with Gasteiger partial charge in [0.05, 0.1) is 5.69 Å². The largest absolute Gasteiger partial charge is 0.435 e. The third-order valence-corrected chi connectivity index (χ3v) is 9.29. The molecule has 0 aliphatic carbocycles. The van der Waals surface area contributed by atoms with Crippen molar-refractivity contribution < 1.29 is 17.6 Å². The molecule has 0 radical (unpaired) electrons. The van der Waals surface area contributed by atoms with E-state index in [2.05, 4.69) is 20.4 Å². The summed E-state index contributed by atoms with van der Waals surface area (Å²) in [5.74, 6) is -0.456. The van der Waals surface area contributed by atoms with Crippen molar-refractivity contribution in [2.45, 2.75) is 45.5 Å². The number of anilines is 1. The van der Waals surface area contributed by atoms with Crippen molar-refractivity contribution in [3.63, 3.8) is 0 Å². The van der Waals surface area contributed by atoms with Crippen LogP contribution in [-0.2, 0) is 13.1 Å². The first-order valence-electron chi connectivity index (χ1n) is 14.1. The lowest BCUT2D eigenvalue weighted by atomic mass is 10.1. The fraction of sp³-hybridized carbons (Fsp3) is 0.290. The molecule has 1 fully saturated rings. The van der Waals surface area contributed by atoms with Crippen LogP contribution in [0.5, 0.6) is 0 Å². The molecule has 1 N–H and O–H groups in total. The molecule has 0 atom stereocenters. The first kappa shape index (κ1) is 29.9. The highest BCUT2D eigenvalue weighted by Gasteiger charge is 2.39. The summed E-state index contributed by atoms with van der Waals surface area (Å²) in [6, 6.07) is 12.8. The zero-order chi connectivity index (χ0) is 30.8. The molecule has 0 unspecified atom stereocenters. The first-order chi connectivity index (χ1) is 21.2. The topological polar surface area (TPSA) is 82.1 Å². The van der Waals surface area contributed by atoms with Crippen LogP contribution in [0.1, 0.15) is 42.3 Å². The maximum atomic E-state index is 14.6. The Hall–Kier alpha value is -4.12. The molecular weight excluding hydrogens is 611 g/mol. The van der Waals surface area contributed by atoms with Crippen molar-refractivity contribution in [2.75, 3.05) is 18.5 Å². The number of piperidine rings is 1. The standard InChI is InChI=1S/C31H27F4N7S2/c1-2-42-17-24(23-14-20(8-11-25(23)42)29-37-22(18-43-29)16-41-12-4-3-5-13-41)28(31(33,34)35)39-40-30-38-27(26(15-36)44-30)19-6-9-21(32)10-7-19/h6-11,14,17-18H,2-5,12-13,16H2,1H3,(H,38,40)/b39-28-. The third-order valence-electron chi connectivity index (χ3n) is 7.49. The van der Waals surface area contributed by atoms with Crippen LogP contribution < -0.4 is 5.43 Å². The van der Waals surface area contributed by atoms with E-state index in [-0.39, 0.29) is 21.3 Å². The minimum absolute atomic E-state index is 0.00608. The summed E-state index contributed by atoms with van der Waals surface area (Å²) in [5.41, 5.74) is 4.28. The van der Waals surface area contributed by atoms with E-state index >= 15 is 0 Å². The Bertz CT molecular complexity index is 1860. The second-order valence-electron chi connectivity index (χ2n) is 10.4. The van der Waals surface area contributed by atoms with E-state index in [1.165, 1.54) is 61.1 Å². The normalized spacial score (nSPS) is 14.7. The molecular formula is C31H27F4N7S2. The number of alkyl halides is 3. The number of thiazole rings is 2. The van der Waals surface area contributed by atoms with Crippen molar-refractivity contribution >= 4 is 44.4 Å². The van der Waals surface area contributed by atoms with Gasteiger partial charge in [0.15, 0.2) is 5.71 Å². The average molecular weight is 638 g/mol. The Kier molecular flexibility index (Phi) is 8.48. The second kappa shape index (κ2) is 12.5. The smallest absolute Gasteiger partial charge is 0.347 e. The molecule has 4 heterocycles. The summed E-state index contributed by atoms with van der Waals surface area (Å²) in [5, 5.41) is 16.5. The van der Waals surface area contributed by atoms with Crippen molar-refractivity contribution in [1.29, 1.82) is 5.26 Å². The van der Waals surface area contributed by atoms with Gasteiger partial charge in [-0.05, 0) is 75.3 Å². The molecule has 0 saturated carbocycles. The molecule has 6 rings (SSSR count). The summed E-state index contributed by atoms with van der Waals surface area (Å²) < 4.78 is 58.8. The number of hydrogen-bond acceptors (Lipinski definition) is 8. The number of aromatic nitrogens is 3. The van der Waals surface area contributed by atoms with Crippen molar-refractivity contribution in [3.8, 4) is 27.9 Å². The molecule has 44 heavy (non-hydrogen) atoms. The molecule has 1 saturated heterocycles. The van der Waals surface area contributed by atoms with Gasteiger partial charge in [0.25, 0.3) is 0 Å². The predicted molar refractivity (Wildman–Crippen MR) is 166 cm³/mol. The van der Waals surface area contributed by atoms with E-state index in [0.29, 0.717) is 23.0 Å². The summed E-state index contributed by atoms with van der Waals surface area (Å²) in [6.07, 6.45) is 0.270. The highest BCUT2D eigenvalue weighted by atomic mass is 32.1. The average Bonchev–Trinajstić information content (AvgIpc) is 3.75. The van der Waals surface area contributed by atoms with Crippen LogP contribution in [0, 0.1) is 17.1 Å². The zero-order valence-electron chi connectivity index (χ0n) is 23.7. The lowest BCUT2D eigenvalue weighted by molar-refractivity contribution is -0.0580. The van der Waals surface area contributed by atoms with Crippen LogP contribution in [0.4, 0.5) is 22.7 Å². The predicted octanol–water partition coefficient (Wildman–Crippen LogP) is 8.28. The van der Waals surface area contributed by atoms with Crippen molar-refractivity contribution in [1.82, 2.24) is 19.4 Å². The number of rotatable bonds is 8. The summed E-state index contributed by atoms with van der Waals surface area (Å²) in [6.45, 7) is 5.19. The minimum Gasteiger partial charge on any atom is -0.347 e. The molecule has 13 heteroatoms. The molecule has 226 valence electrons. The number of nitriles is 1. The van der Waals surface area contributed by atoms with Gasteiger partial charge in [0, 0.05) is 52.3 Å². The Morgan fingerprint density at radius 3 is 2.52 bits per heavy atom. The number of aryl methyl sites for hydroxylation is 1. The van der Waals surface area contributed by atoms with Gasteiger partial charge in [-0.2, -0.15) is 23.5 Å². The highest BCUT2D eigenvalue weighted by Crippen LogP contribution is 2.35. The number of hydrazone groups is 1. The van der Waals surface area contributed by atoms with Crippen LogP contribution in [0.3, 0.4) is 0 Å². The van der Waals surface area contributed by atoms with Crippen molar-refractivity contribution in [3.05, 3.63) is 76.0 Å². The third kappa shape index (κ3) is 6.24. The monoisotopic (exact) mass is 637 g/mol. The second-order valence-corrected chi connectivity index (χ2v) is 12.3. The number of likely N-dealkylation sites (tertiary alicyclic amines) is 1. The van der Waals surface area contributed by atoms with E-state index < -0.39 is 17.7 Å². The lowest BCUT2D eigenvalue weighted by Crippen LogP contribution is -2.29. The Morgan fingerprint density at radius 1 is 1.07 bits per heavy atom. The zero-order valence-corrected chi connectivity index (χ0v) is 25.3. The number of fused-ring (bicyclic) bond motifs is 1. The fourth-order valence-corrected chi connectivity index (χ4v) is 6.90. The maximum absolute atomic E-state index is 14.6. The molecule has 0 spiro atoms. The van der Waals surface area contributed by atoms with E-state index in [0.717, 1.165) is 47.2 Å². The molecule has 3 aromatic heterocycles. The van der Waals surface area contributed by atoms with Crippen LogP contribution >= 0.6 is 22.7 Å². The van der Waals surface area contributed by atoms with Crippen LogP contribution in [-0.4, -0.2) is 44.4 Å². The number of hydrogen-bond donors (Lipinski definition) is 1. The molecule has 1 aliphatic heterocycles. The fourth-order valence-electron chi connectivity index (χ4n) is 5.37. The lowest BCUT2D eigenvalue weighted by Gasteiger charge is -2.25. The van der Waals surface area contributed by atoms with Gasteiger partial charge in [-0.3, -0.25) is 10.3 Å². The Morgan fingerprint density at radius 2 is 1.82 bits per heavy atom. The number of halogens is 4. The van der Waals surface area contributed by atoms with Gasteiger partial charge < -0.3 is 4.57 Å². The maximum Gasteiger partial charge on any atom is 0.435 e. The van der Waals surface area contributed by atoms with Crippen molar-refractivity contribution in [2.24, 2.45) is 5.10 Å². The van der Waals surface area contributed by atoms with Crippen LogP contribution in [0.2, 0.25) is 0 Å².